The SMILES string of the molecule is Fc1cccc(C(Cl)c2ccc3c(c2)CCCO3)c1Br. The van der Waals surface area contributed by atoms with Gasteiger partial charge in [-0.2, -0.15) is 0 Å². The van der Waals surface area contributed by atoms with E-state index in [9.17, 15) is 4.39 Å². The standard InChI is InChI=1S/C16H13BrClFO/c17-15-12(4-1-5-13(15)19)16(18)11-6-7-14-10(9-11)3-2-8-20-14/h1,4-7,9,16H,2-3,8H2. The first-order chi connectivity index (χ1) is 9.66. The van der Waals surface area contributed by atoms with E-state index in [0.29, 0.717) is 4.47 Å². The zero-order valence-electron chi connectivity index (χ0n) is 10.7. The molecule has 20 heavy (non-hydrogen) atoms. The minimum atomic E-state index is -0.382. The molecule has 0 bridgehead atoms. The van der Waals surface area contributed by atoms with E-state index in [-0.39, 0.29) is 11.2 Å². The number of aryl methyl sites for hydroxylation is 1. The lowest BCUT2D eigenvalue weighted by Crippen LogP contribution is -2.09. The first-order valence-electron chi connectivity index (χ1n) is 6.50. The normalized spacial score (nSPS) is 15.3. The van der Waals surface area contributed by atoms with Crippen LogP contribution in [0, 0.1) is 5.82 Å². The predicted octanol–water partition coefficient (Wildman–Crippen LogP) is 5.24. The quantitative estimate of drug-likeness (QED) is 0.669. The summed E-state index contributed by atoms with van der Waals surface area (Å²) in [7, 11) is 0. The van der Waals surface area contributed by atoms with Gasteiger partial charge >= 0.3 is 0 Å². The minimum Gasteiger partial charge on any atom is -0.493 e. The van der Waals surface area contributed by atoms with Crippen molar-refractivity contribution >= 4 is 27.5 Å². The highest BCUT2D eigenvalue weighted by atomic mass is 79.9. The van der Waals surface area contributed by atoms with Crippen molar-refractivity contribution < 1.29 is 9.13 Å². The minimum absolute atomic E-state index is 0.297. The topological polar surface area (TPSA) is 9.23 Å². The number of fused-ring (bicyclic) bond motifs is 1. The molecular weight excluding hydrogens is 343 g/mol. The lowest BCUT2D eigenvalue weighted by Gasteiger charge is -2.20. The second-order valence-corrected chi connectivity index (χ2v) is 6.05. The Hall–Kier alpha value is -1.06. The maximum atomic E-state index is 13.6. The molecule has 104 valence electrons. The summed E-state index contributed by atoms with van der Waals surface area (Å²) in [4.78, 5) is 0. The molecule has 0 N–H and O–H groups in total. The van der Waals surface area contributed by atoms with Gasteiger partial charge in [0.15, 0.2) is 0 Å². The van der Waals surface area contributed by atoms with E-state index in [1.165, 1.54) is 11.6 Å². The van der Waals surface area contributed by atoms with Crippen molar-refractivity contribution in [2.75, 3.05) is 6.61 Å². The summed E-state index contributed by atoms with van der Waals surface area (Å²) >= 11 is 9.78. The maximum absolute atomic E-state index is 13.6. The summed E-state index contributed by atoms with van der Waals surface area (Å²) in [6.45, 7) is 0.770. The van der Waals surface area contributed by atoms with Crippen molar-refractivity contribution in [1.29, 1.82) is 0 Å². The summed E-state index contributed by atoms with van der Waals surface area (Å²) in [5.41, 5.74) is 2.87. The van der Waals surface area contributed by atoms with E-state index in [1.54, 1.807) is 6.07 Å². The molecule has 0 fully saturated rings. The molecule has 2 aromatic carbocycles. The number of halogens is 3. The lowest BCUT2D eigenvalue weighted by atomic mass is 9.98. The molecule has 1 heterocycles. The fourth-order valence-electron chi connectivity index (χ4n) is 2.43. The molecule has 0 aliphatic carbocycles. The Labute approximate surface area is 130 Å². The van der Waals surface area contributed by atoms with Crippen molar-refractivity contribution in [3.63, 3.8) is 0 Å². The maximum Gasteiger partial charge on any atom is 0.137 e. The van der Waals surface area contributed by atoms with Crippen molar-refractivity contribution in [2.45, 2.75) is 18.2 Å². The number of hydrogen-bond donors (Lipinski definition) is 0. The van der Waals surface area contributed by atoms with Gasteiger partial charge in [0.1, 0.15) is 11.6 Å². The third-order valence-corrected chi connectivity index (χ3v) is 4.80. The van der Waals surface area contributed by atoms with E-state index in [0.717, 1.165) is 36.3 Å². The molecule has 1 atom stereocenters. The second kappa shape index (κ2) is 5.74. The van der Waals surface area contributed by atoms with Crippen LogP contribution >= 0.6 is 27.5 Å². The van der Waals surface area contributed by atoms with Gasteiger partial charge in [0.05, 0.1) is 16.5 Å². The molecule has 2 aromatic rings. The molecule has 3 rings (SSSR count). The molecule has 4 heteroatoms. The van der Waals surface area contributed by atoms with E-state index >= 15 is 0 Å². The zero-order chi connectivity index (χ0) is 14.1. The molecule has 1 unspecified atom stereocenters. The van der Waals surface area contributed by atoms with Crippen LogP contribution in [-0.4, -0.2) is 6.61 Å². The van der Waals surface area contributed by atoms with Crippen molar-refractivity contribution in [3.8, 4) is 5.75 Å². The largest absolute Gasteiger partial charge is 0.493 e. The average molecular weight is 356 g/mol. The van der Waals surface area contributed by atoms with Gasteiger partial charge < -0.3 is 4.74 Å². The van der Waals surface area contributed by atoms with Crippen LogP contribution in [0.2, 0.25) is 0 Å². The van der Waals surface area contributed by atoms with Gasteiger partial charge in [-0.15, -0.1) is 11.6 Å². The fourth-order valence-corrected chi connectivity index (χ4v) is 3.38. The molecule has 0 amide bonds. The smallest absolute Gasteiger partial charge is 0.137 e. The van der Waals surface area contributed by atoms with Crippen LogP contribution in [0.5, 0.6) is 5.75 Å². The van der Waals surface area contributed by atoms with E-state index in [1.807, 2.05) is 18.2 Å². The number of alkyl halides is 1. The second-order valence-electron chi connectivity index (χ2n) is 4.82. The van der Waals surface area contributed by atoms with Crippen LogP contribution in [0.1, 0.15) is 28.5 Å². The van der Waals surface area contributed by atoms with Gasteiger partial charge in [-0.25, -0.2) is 4.39 Å². The third-order valence-electron chi connectivity index (χ3n) is 3.48. The first-order valence-corrected chi connectivity index (χ1v) is 7.73. The van der Waals surface area contributed by atoms with Gasteiger partial charge in [-0.05, 0) is 57.6 Å². The first kappa shape index (κ1) is 13.9. The molecule has 0 saturated carbocycles. The molecule has 0 saturated heterocycles. The van der Waals surface area contributed by atoms with Crippen LogP contribution in [0.4, 0.5) is 4.39 Å². The fraction of sp³-hybridized carbons (Fsp3) is 0.250. The highest BCUT2D eigenvalue weighted by Gasteiger charge is 2.18. The Morgan fingerprint density at radius 2 is 2.10 bits per heavy atom. The number of rotatable bonds is 2. The summed E-state index contributed by atoms with van der Waals surface area (Å²) in [6, 6.07) is 10.9. The molecule has 1 aliphatic heterocycles. The number of hydrogen-bond acceptors (Lipinski definition) is 1. The van der Waals surface area contributed by atoms with Gasteiger partial charge in [0.25, 0.3) is 0 Å². The zero-order valence-corrected chi connectivity index (χ0v) is 13.0. The Morgan fingerprint density at radius 1 is 1.25 bits per heavy atom. The Morgan fingerprint density at radius 3 is 2.95 bits per heavy atom. The molecule has 1 aliphatic rings. The van der Waals surface area contributed by atoms with Crippen LogP contribution in [-0.2, 0) is 6.42 Å². The van der Waals surface area contributed by atoms with Gasteiger partial charge in [-0.3, -0.25) is 0 Å². The van der Waals surface area contributed by atoms with Crippen molar-refractivity contribution in [1.82, 2.24) is 0 Å². The van der Waals surface area contributed by atoms with Crippen molar-refractivity contribution in [2.24, 2.45) is 0 Å². The highest BCUT2D eigenvalue weighted by Crippen LogP contribution is 2.37. The van der Waals surface area contributed by atoms with Crippen LogP contribution < -0.4 is 4.74 Å². The van der Waals surface area contributed by atoms with Crippen LogP contribution in [0.3, 0.4) is 0 Å². The van der Waals surface area contributed by atoms with Gasteiger partial charge in [0.2, 0.25) is 0 Å². The summed E-state index contributed by atoms with van der Waals surface area (Å²) in [6.07, 6.45) is 2.02. The van der Waals surface area contributed by atoms with Gasteiger partial charge in [0, 0.05) is 0 Å². The highest BCUT2D eigenvalue weighted by molar-refractivity contribution is 9.10. The molecule has 1 nitrogen and oxygen atoms in total. The number of benzene rings is 2. The molecular formula is C16H13BrClFO. The predicted molar refractivity (Wildman–Crippen MR) is 82.1 cm³/mol. The number of ether oxygens (including phenoxy) is 1. The van der Waals surface area contributed by atoms with Crippen molar-refractivity contribution in [3.05, 3.63) is 63.4 Å². The Kier molecular flexibility index (Phi) is 3.99. The van der Waals surface area contributed by atoms with Crippen LogP contribution in [0.25, 0.3) is 0 Å². The van der Waals surface area contributed by atoms with E-state index in [4.69, 9.17) is 16.3 Å². The molecule has 0 aromatic heterocycles. The lowest BCUT2D eigenvalue weighted by molar-refractivity contribution is 0.288. The van der Waals surface area contributed by atoms with Gasteiger partial charge in [-0.1, -0.05) is 24.3 Å². The third kappa shape index (κ3) is 2.57. The van der Waals surface area contributed by atoms with Crippen LogP contribution in [0.15, 0.2) is 40.9 Å². The Balaban J connectivity index is 1.98. The summed E-state index contributed by atoms with van der Waals surface area (Å²) in [5, 5.41) is -0.382. The summed E-state index contributed by atoms with van der Waals surface area (Å²) < 4.78 is 19.6. The van der Waals surface area contributed by atoms with E-state index < -0.39 is 0 Å². The Bertz CT molecular complexity index is 644. The molecule has 0 spiro atoms. The summed E-state index contributed by atoms with van der Waals surface area (Å²) in [5.74, 6) is 0.636. The monoisotopic (exact) mass is 354 g/mol. The average Bonchev–Trinajstić information content (AvgIpc) is 2.49. The molecule has 0 radical (unpaired) electrons. The van der Waals surface area contributed by atoms with E-state index in [2.05, 4.69) is 22.0 Å².